The molecule has 2 atom stereocenters. The Morgan fingerprint density at radius 2 is 2.00 bits per heavy atom. The Bertz CT molecular complexity index is 243. The summed E-state index contributed by atoms with van der Waals surface area (Å²) < 4.78 is 11.4. The largest absolute Gasteiger partial charge is 0.347 e. The van der Waals surface area contributed by atoms with Crippen LogP contribution in [-0.4, -0.2) is 24.8 Å². The number of rotatable bonds is 0. The highest BCUT2D eigenvalue weighted by atomic mass is 16.7. The molecule has 3 aliphatic carbocycles. The molecule has 2 bridgehead atoms. The van der Waals surface area contributed by atoms with Crippen molar-refractivity contribution < 1.29 is 14.3 Å². The molecule has 3 nitrogen and oxygen atoms in total. The van der Waals surface area contributed by atoms with Gasteiger partial charge in [0, 0.05) is 24.7 Å². The van der Waals surface area contributed by atoms with Crippen LogP contribution in [0.3, 0.4) is 0 Å². The van der Waals surface area contributed by atoms with Crippen molar-refractivity contribution in [3.05, 3.63) is 0 Å². The maximum atomic E-state index is 11.5. The summed E-state index contributed by atoms with van der Waals surface area (Å²) in [5.74, 6) is 0.646. The average Bonchev–Trinajstić information content (AvgIpc) is 2.57. The van der Waals surface area contributed by atoms with Gasteiger partial charge in [0.15, 0.2) is 5.79 Å². The molecule has 0 radical (unpaired) electrons. The first-order chi connectivity index (χ1) is 6.30. The highest BCUT2D eigenvalue weighted by molar-refractivity contribution is 5.83. The molecule has 0 amide bonds. The molecule has 0 aromatic carbocycles. The highest BCUT2D eigenvalue weighted by Crippen LogP contribution is 2.49. The van der Waals surface area contributed by atoms with Crippen molar-refractivity contribution >= 4 is 5.78 Å². The number of Topliss-reactive ketones (excluding diaryl/α,β-unsaturated/α-hetero) is 1. The van der Waals surface area contributed by atoms with E-state index >= 15 is 0 Å². The summed E-state index contributed by atoms with van der Waals surface area (Å²) in [5, 5.41) is 0. The van der Waals surface area contributed by atoms with Gasteiger partial charge in [-0.25, -0.2) is 0 Å². The fourth-order valence-electron chi connectivity index (χ4n) is 3.00. The van der Waals surface area contributed by atoms with Gasteiger partial charge in [-0.15, -0.1) is 0 Å². The smallest absolute Gasteiger partial charge is 0.172 e. The second-order valence-electron chi connectivity index (χ2n) is 4.35. The number of carbonyl (C=O) groups is 1. The molecule has 0 aromatic heterocycles. The second-order valence-corrected chi connectivity index (χ2v) is 4.35. The minimum atomic E-state index is -0.350. The standard InChI is InChI=1S/C10H14O3/c11-9-5-8-2-1-7(9)6-10(8)12-3-4-13-10/h7-8H,1-6H2/t7-,8-/m1/s1. The zero-order chi connectivity index (χ0) is 8.89. The zero-order valence-electron chi connectivity index (χ0n) is 7.62. The van der Waals surface area contributed by atoms with Crippen molar-refractivity contribution in [1.82, 2.24) is 0 Å². The van der Waals surface area contributed by atoms with E-state index in [-0.39, 0.29) is 11.7 Å². The summed E-state index contributed by atoms with van der Waals surface area (Å²) in [6, 6.07) is 0. The van der Waals surface area contributed by atoms with E-state index in [0.29, 0.717) is 31.3 Å². The third kappa shape index (κ3) is 1.00. The van der Waals surface area contributed by atoms with Crippen molar-refractivity contribution in [1.29, 1.82) is 0 Å². The predicted octanol–water partition coefficient (Wildman–Crippen LogP) is 1.12. The van der Waals surface area contributed by atoms with Gasteiger partial charge >= 0.3 is 0 Å². The molecule has 0 aromatic rings. The van der Waals surface area contributed by atoms with Crippen molar-refractivity contribution in [2.75, 3.05) is 13.2 Å². The van der Waals surface area contributed by atoms with Crippen molar-refractivity contribution in [2.24, 2.45) is 11.8 Å². The Morgan fingerprint density at radius 3 is 2.54 bits per heavy atom. The fourth-order valence-corrected chi connectivity index (χ4v) is 3.00. The fraction of sp³-hybridized carbons (Fsp3) is 0.900. The molecule has 1 spiro atoms. The second kappa shape index (κ2) is 2.55. The van der Waals surface area contributed by atoms with Gasteiger partial charge in [0.1, 0.15) is 5.78 Å². The number of ketones is 1. The molecular formula is C10H14O3. The molecule has 4 aliphatic rings. The number of hydrogen-bond donors (Lipinski definition) is 0. The van der Waals surface area contributed by atoms with E-state index in [9.17, 15) is 4.79 Å². The third-order valence-corrected chi connectivity index (χ3v) is 3.70. The summed E-state index contributed by atoms with van der Waals surface area (Å²) in [7, 11) is 0. The van der Waals surface area contributed by atoms with E-state index in [4.69, 9.17) is 9.47 Å². The van der Waals surface area contributed by atoms with Gasteiger partial charge in [-0.1, -0.05) is 0 Å². The zero-order valence-corrected chi connectivity index (χ0v) is 7.62. The van der Waals surface area contributed by atoms with Gasteiger partial charge in [0.05, 0.1) is 13.2 Å². The van der Waals surface area contributed by atoms with Crippen molar-refractivity contribution in [2.45, 2.75) is 31.5 Å². The molecule has 0 N–H and O–H groups in total. The lowest BCUT2D eigenvalue weighted by molar-refractivity contribution is -0.234. The minimum absolute atomic E-state index is 0.225. The molecule has 1 saturated heterocycles. The molecule has 3 saturated carbocycles. The summed E-state index contributed by atoms with van der Waals surface area (Å²) in [4.78, 5) is 11.5. The van der Waals surface area contributed by atoms with Crippen LogP contribution in [0.15, 0.2) is 0 Å². The molecule has 4 rings (SSSR count). The third-order valence-electron chi connectivity index (χ3n) is 3.70. The number of hydrogen-bond acceptors (Lipinski definition) is 3. The van der Waals surface area contributed by atoms with Crippen LogP contribution < -0.4 is 0 Å². The number of carbonyl (C=O) groups excluding carboxylic acids is 1. The van der Waals surface area contributed by atoms with Gasteiger partial charge < -0.3 is 9.47 Å². The van der Waals surface area contributed by atoms with E-state index < -0.39 is 0 Å². The monoisotopic (exact) mass is 182 g/mol. The topological polar surface area (TPSA) is 35.5 Å². The maximum absolute atomic E-state index is 11.5. The molecule has 3 heteroatoms. The van der Waals surface area contributed by atoms with Crippen LogP contribution >= 0.6 is 0 Å². The average molecular weight is 182 g/mol. The maximum Gasteiger partial charge on any atom is 0.172 e. The summed E-state index contributed by atoms with van der Waals surface area (Å²) in [5.41, 5.74) is 0. The van der Waals surface area contributed by atoms with E-state index in [1.165, 1.54) is 0 Å². The Hall–Kier alpha value is -0.410. The minimum Gasteiger partial charge on any atom is -0.347 e. The van der Waals surface area contributed by atoms with Gasteiger partial charge in [0.25, 0.3) is 0 Å². The van der Waals surface area contributed by atoms with Crippen LogP contribution in [0, 0.1) is 11.8 Å². The summed E-state index contributed by atoms with van der Waals surface area (Å²) in [6.45, 7) is 1.41. The first kappa shape index (κ1) is 7.94. The number of ether oxygens (including phenoxy) is 2. The molecule has 4 fully saturated rings. The van der Waals surface area contributed by atoms with Gasteiger partial charge in [-0.3, -0.25) is 4.79 Å². The Morgan fingerprint density at radius 1 is 1.23 bits per heavy atom. The van der Waals surface area contributed by atoms with E-state index in [1.807, 2.05) is 0 Å². The SMILES string of the molecule is O=C1C[C@H]2CC[C@@H]1CC21OCCO1. The lowest BCUT2D eigenvalue weighted by Gasteiger charge is -2.46. The molecular weight excluding hydrogens is 168 g/mol. The summed E-state index contributed by atoms with van der Waals surface area (Å²) in [6.07, 6.45) is 3.66. The lowest BCUT2D eigenvalue weighted by Crippen LogP contribution is -2.51. The normalized spacial score (nSPS) is 41.7. The first-order valence-corrected chi connectivity index (χ1v) is 5.11. The summed E-state index contributed by atoms with van der Waals surface area (Å²) >= 11 is 0. The van der Waals surface area contributed by atoms with Crippen molar-refractivity contribution in [3.63, 3.8) is 0 Å². The Balaban J connectivity index is 1.89. The van der Waals surface area contributed by atoms with Crippen LogP contribution in [0.1, 0.15) is 25.7 Å². The van der Waals surface area contributed by atoms with Gasteiger partial charge in [0.2, 0.25) is 0 Å². The van der Waals surface area contributed by atoms with E-state index in [2.05, 4.69) is 0 Å². The Labute approximate surface area is 77.4 Å². The molecule has 1 heterocycles. The highest BCUT2D eigenvalue weighted by Gasteiger charge is 2.54. The molecule has 1 aliphatic heterocycles. The lowest BCUT2D eigenvalue weighted by atomic mass is 9.66. The molecule has 0 unspecified atom stereocenters. The van der Waals surface area contributed by atoms with E-state index in [0.717, 1.165) is 19.3 Å². The first-order valence-electron chi connectivity index (χ1n) is 5.11. The predicted molar refractivity (Wildman–Crippen MR) is 45.1 cm³/mol. The molecule has 13 heavy (non-hydrogen) atoms. The van der Waals surface area contributed by atoms with Crippen LogP contribution in [0.4, 0.5) is 0 Å². The van der Waals surface area contributed by atoms with Crippen LogP contribution in [0.25, 0.3) is 0 Å². The van der Waals surface area contributed by atoms with Crippen molar-refractivity contribution in [3.8, 4) is 0 Å². The quantitative estimate of drug-likeness (QED) is 0.563. The molecule has 72 valence electrons. The number of fused-ring (bicyclic) bond motifs is 2. The van der Waals surface area contributed by atoms with Crippen LogP contribution in [-0.2, 0) is 14.3 Å². The van der Waals surface area contributed by atoms with Crippen LogP contribution in [0.2, 0.25) is 0 Å². The van der Waals surface area contributed by atoms with Gasteiger partial charge in [-0.2, -0.15) is 0 Å². The van der Waals surface area contributed by atoms with Gasteiger partial charge in [-0.05, 0) is 12.8 Å². The van der Waals surface area contributed by atoms with E-state index in [1.54, 1.807) is 0 Å². The van der Waals surface area contributed by atoms with Crippen LogP contribution in [0.5, 0.6) is 0 Å². The Kier molecular flexibility index (Phi) is 1.56.